The molecule has 15 heavy (non-hydrogen) atoms. The molecule has 92 valence electrons. The molecule has 0 heterocycles. The van der Waals surface area contributed by atoms with E-state index in [1.165, 1.54) is 38.5 Å². The summed E-state index contributed by atoms with van der Waals surface area (Å²) in [4.78, 5) is 0. The molecule has 0 aliphatic heterocycles. The molecule has 3 atom stereocenters. The van der Waals surface area contributed by atoms with Crippen LogP contribution < -0.4 is 0 Å². The van der Waals surface area contributed by atoms with Crippen LogP contribution in [-0.4, -0.2) is 0 Å². The van der Waals surface area contributed by atoms with Gasteiger partial charge in [-0.25, -0.2) is 0 Å². The lowest BCUT2D eigenvalue weighted by molar-refractivity contribution is 0.102. The smallest absolute Gasteiger partial charge is 0.0321 e. The summed E-state index contributed by atoms with van der Waals surface area (Å²) in [6.45, 7) is 13.6. The van der Waals surface area contributed by atoms with Crippen molar-refractivity contribution >= 4 is 0 Å². The maximum atomic E-state index is 2.51. The highest BCUT2D eigenvalue weighted by Crippen LogP contribution is 2.45. The molecule has 0 nitrogen and oxygen atoms in total. The summed E-state index contributed by atoms with van der Waals surface area (Å²) in [5.74, 6) is 1.98. The molecule has 3 unspecified atom stereocenters. The summed E-state index contributed by atoms with van der Waals surface area (Å²) in [5, 5.41) is 0. The van der Waals surface area contributed by atoms with Crippen LogP contribution in [-0.2, 0) is 0 Å². The van der Waals surface area contributed by atoms with Gasteiger partial charge < -0.3 is 0 Å². The molecule has 1 aliphatic rings. The van der Waals surface area contributed by atoms with Crippen LogP contribution in [0.4, 0.5) is 0 Å². The zero-order chi connectivity index (χ0) is 11.9. The zero-order valence-corrected chi connectivity index (χ0v) is 11.9. The van der Waals surface area contributed by atoms with E-state index < -0.39 is 0 Å². The van der Waals surface area contributed by atoms with E-state index in [9.17, 15) is 0 Å². The van der Waals surface area contributed by atoms with Crippen LogP contribution in [0.5, 0.6) is 0 Å². The van der Waals surface area contributed by atoms with Crippen molar-refractivity contribution in [2.75, 3.05) is 0 Å². The van der Waals surface area contributed by atoms with E-state index in [4.69, 9.17) is 0 Å². The Hall–Kier alpha value is 0. The average molecular weight is 212 g/mol. The van der Waals surface area contributed by atoms with Gasteiger partial charge in [-0.1, -0.05) is 54.4 Å². The molecule has 0 amide bonds. The molecule has 0 bridgehead atoms. The van der Waals surface area contributed by atoms with Crippen molar-refractivity contribution in [1.82, 2.24) is 0 Å². The van der Waals surface area contributed by atoms with E-state index in [0.717, 1.165) is 11.8 Å². The molecule has 0 aromatic heterocycles. The average Bonchev–Trinajstić information content (AvgIpc) is 2.19. The zero-order valence-electron chi connectivity index (χ0n) is 11.9. The Bertz CT molecular complexity index is 150. The van der Waals surface area contributed by atoms with Crippen molar-refractivity contribution in [3.05, 3.63) is 0 Å². The lowest BCUT2D eigenvalue weighted by Gasteiger charge is -2.41. The SMILES string of the molecule is CC.CCCC1(C)CC(C)CC(CC)C1. The molecule has 0 saturated heterocycles. The molecule has 0 radical (unpaired) electrons. The Morgan fingerprint density at radius 2 is 1.73 bits per heavy atom. The first-order chi connectivity index (χ1) is 7.09. The fourth-order valence-electron chi connectivity index (χ4n) is 3.48. The molecule has 0 aromatic carbocycles. The van der Waals surface area contributed by atoms with Gasteiger partial charge in [0, 0.05) is 0 Å². The second-order valence-corrected chi connectivity index (χ2v) is 5.58. The summed E-state index contributed by atoms with van der Waals surface area (Å²) < 4.78 is 0. The first-order valence-corrected chi connectivity index (χ1v) is 7.09. The van der Waals surface area contributed by atoms with Crippen LogP contribution in [0.2, 0.25) is 0 Å². The van der Waals surface area contributed by atoms with Gasteiger partial charge in [-0.2, -0.15) is 0 Å². The van der Waals surface area contributed by atoms with E-state index in [-0.39, 0.29) is 0 Å². The molecule has 0 heteroatoms. The first kappa shape index (κ1) is 15.0. The molecule has 1 fully saturated rings. The Morgan fingerprint density at radius 3 is 2.20 bits per heavy atom. The van der Waals surface area contributed by atoms with Gasteiger partial charge in [-0.3, -0.25) is 0 Å². The second kappa shape index (κ2) is 7.30. The lowest BCUT2D eigenvalue weighted by atomic mass is 9.64. The highest BCUT2D eigenvalue weighted by atomic mass is 14.4. The van der Waals surface area contributed by atoms with Gasteiger partial charge >= 0.3 is 0 Å². The standard InChI is InChI=1S/C13H26.C2H6/c1-5-7-13(4)9-11(3)8-12(6-2)10-13;1-2/h11-12H,5-10H2,1-4H3;1-2H3. The van der Waals surface area contributed by atoms with Crippen LogP contribution >= 0.6 is 0 Å². The Morgan fingerprint density at radius 1 is 1.13 bits per heavy atom. The van der Waals surface area contributed by atoms with E-state index in [1.54, 1.807) is 0 Å². The predicted octanol–water partition coefficient (Wildman–Crippen LogP) is 5.67. The largest absolute Gasteiger partial charge is 0.0683 e. The van der Waals surface area contributed by atoms with E-state index in [0.29, 0.717) is 5.41 Å². The third-order valence-electron chi connectivity index (χ3n) is 3.79. The van der Waals surface area contributed by atoms with Crippen molar-refractivity contribution in [1.29, 1.82) is 0 Å². The van der Waals surface area contributed by atoms with Crippen LogP contribution in [0.1, 0.15) is 80.1 Å². The minimum atomic E-state index is 0.674. The van der Waals surface area contributed by atoms with Crippen molar-refractivity contribution in [2.45, 2.75) is 80.1 Å². The van der Waals surface area contributed by atoms with E-state index >= 15 is 0 Å². The van der Waals surface area contributed by atoms with Gasteiger partial charge in [0.05, 0.1) is 0 Å². The van der Waals surface area contributed by atoms with Crippen LogP contribution in [0.25, 0.3) is 0 Å². The van der Waals surface area contributed by atoms with Gasteiger partial charge in [0.15, 0.2) is 0 Å². The van der Waals surface area contributed by atoms with Crippen LogP contribution in [0.15, 0.2) is 0 Å². The van der Waals surface area contributed by atoms with Crippen molar-refractivity contribution in [2.24, 2.45) is 17.3 Å². The van der Waals surface area contributed by atoms with Crippen molar-refractivity contribution < 1.29 is 0 Å². The topological polar surface area (TPSA) is 0 Å². The molecule has 1 saturated carbocycles. The summed E-state index contributed by atoms with van der Waals surface area (Å²) >= 11 is 0. The number of hydrogen-bond donors (Lipinski definition) is 0. The summed E-state index contributed by atoms with van der Waals surface area (Å²) in [6, 6.07) is 0. The van der Waals surface area contributed by atoms with Crippen LogP contribution in [0.3, 0.4) is 0 Å². The second-order valence-electron chi connectivity index (χ2n) is 5.58. The highest BCUT2D eigenvalue weighted by molar-refractivity contribution is 4.85. The molecule has 1 aliphatic carbocycles. The third kappa shape index (κ3) is 5.04. The molecule has 0 aromatic rings. The van der Waals surface area contributed by atoms with Gasteiger partial charge in [0.2, 0.25) is 0 Å². The Balaban J connectivity index is 0.000000921. The molecular weight excluding hydrogens is 180 g/mol. The quantitative estimate of drug-likeness (QED) is 0.566. The minimum absolute atomic E-state index is 0.674. The van der Waals surface area contributed by atoms with Crippen molar-refractivity contribution in [3.63, 3.8) is 0 Å². The Labute approximate surface area is 97.8 Å². The van der Waals surface area contributed by atoms with E-state index in [2.05, 4.69) is 27.7 Å². The monoisotopic (exact) mass is 212 g/mol. The predicted molar refractivity (Wildman–Crippen MR) is 71.2 cm³/mol. The van der Waals surface area contributed by atoms with E-state index in [1.807, 2.05) is 13.8 Å². The van der Waals surface area contributed by atoms with Crippen LogP contribution in [0, 0.1) is 17.3 Å². The lowest BCUT2D eigenvalue weighted by Crippen LogP contribution is -2.29. The summed E-state index contributed by atoms with van der Waals surface area (Å²) in [6.07, 6.45) is 8.63. The van der Waals surface area contributed by atoms with Crippen molar-refractivity contribution in [3.8, 4) is 0 Å². The summed E-state index contributed by atoms with van der Waals surface area (Å²) in [7, 11) is 0. The van der Waals surface area contributed by atoms with Gasteiger partial charge in [-0.15, -0.1) is 0 Å². The summed E-state index contributed by atoms with van der Waals surface area (Å²) in [5.41, 5.74) is 0.674. The minimum Gasteiger partial charge on any atom is -0.0683 e. The Kier molecular flexibility index (Phi) is 7.30. The van der Waals surface area contributed by atoms with Gasteiger partial charge in [0.1, 0.15) is 0 Å². The fraction of sp³-hybridized carbons (Fsp3) is 1.00. The maximum Gasteiger partial charge on any atom is -0.0321 e. The molecular formula is C15H32. The fourth-order valence-corrected chi connectivity index (χ4v) is 3.48. The number of rotatable bonds is 3. The first-order valence-electron chi connectivity index (χ1n) is 7.09. The maximum absolute atomic E-state index is 2.51. The molecule has 0 spiro atoms. The normalized spacial score (nSPS) is 35.6. The molecule has 1 rings (SSSR count). The third-order valence-corrected chi connectivity index (χ3v) is 3.79. The van der Waals surface area contributed by atoms with Gasteiger partial charge in [-0.05, 0) is 42.9 Å². The highest BCUT2D eigenvalue weighted by Gasteiger charge is 2.33. The van der Waals surface area contributed by atoms with Gasteiger partial charge in [0.25, 0.3) is 0 Å². The molecule has 0 N–H and O–H groups in total. The number of hydrogen-bond acceptors (Lipinski definition) is 0.